The number of hydrogen-bond donors (Lipinski definition) is 2. The summed E-state index contributed by atoms with van der Waals surface area (Å²) in [6, 6.07) is 21.6. The molecule has 53 heavy (non-hydrogen) atoms. The third-order valence-electron chi connectivity index (χ3n) is 10.1. The number of aromatic nitrogens is 6. The molecule has 0 radical (unpaired) electrons. The van der Waals surface area contributed by atoms with Crippen LogP contribution in [0.15, 0.2) is 66.7 Å². The molecule has 6 heterocycles. The van der Waals surface area contributed by atoms with E-state index in [2.05, 4.69) is 27.9 Å². The van der Waals surface area contributed by atoms with Crippen LogP contribution in [0.25, 0.3) is 22.5 Å². The van der Waals surface area contributed by atoms with Crippen LogP contribution < -0.4 is 10.6 Å². The number of carbonyl (C=O) groups is 2. The summed E-state index contributed by atoms with van der Waals surface area (Å²) < 4.78 is 23.5. The summed E-state index contributed by atoms with van der Waals surface area (Å²) in [6.07, 6.45) is 7.36. The largest absolute Gasteiger partial charge is 0.356 e. The number of ether oxygens (including phenoxy) is 3. The molecule has 3 unspecified atom stereocenters. The van der Waals surface area contributed by atoms with Crippen molar-refractivity contribution in [3.8, 4) is 22.5 Å². The van der Waals surface area contributed by atoms with Gasteiger partial charge >= 0.3 is 0 Å². The van der Waals surface area contributed by atoms with E-state index in [-0.39, 0.29) is 23.8 Å². The molecule has 276 valence electrons. The van der Waals surface area contributed by atoms with Crippen molar-refractivity contribution < 1.29 is 23.8 Å². The molecule has 13 nitrogen and oxygen atoms in total. The normalized spacial score (nSPS) is 20.6. The zero-order valence-corrected chi connectivity index (χ0v) is 30.3. The molecular weight excluding hydrogens is 672 g/mol. The van der Waals surface area contributed by atoms with E-state index >= 15 is 0 Å². The van der Waals surface area contributed by atoms with Crippen molar-refractivity contribution in [2.24, 2.45) is 0 Å². The van der Waals surface area contributed by atoms with E-state index < -0.39 is 18.0 Å². The Morgan fingerprint density at radius 3 is 1.55 bits per heavy atom. The quantitative estimate of drug-likeness (QED) is 0.157. The number of nitrogens with one attached hydrogen (secondary N) is 2. The predicted molar refractivity (Wildman–Crippen MR) is 199 cm³/mol. The molecule has 0 aliphatic carbocycles. The van der Waals surface area contributed by atoms with E-state index in [9.17, 15) is 9.59 Å². The van der Waals surface area contributed by atoms with Gasteiger partial charge in [-0.2, -0.15) is 15.3 Å². The number of anilines is 2. The fraction of sp³-hybridized carbons (Fsp3) is 0.425. The second kappa shape index (κ2) is 15.5. The average molecular weight is 719 g/mol. The maximum Gasteiger partial charge on any atom is 0.277 e. The highest BCUT2D eigenvalue weighted by molar-refractivity contribution is 6.06. The van der Waals surface area contributed by atoms with Gasteiger partial charge in [-0.05, 0) is 83.3 Å². The third-order valence-corrected chi connectivity index (χ3v) is 10.1. The number of amides is 2. The molecule has 3 saturated heterocycles. The highest BCUT2D eigenvalue weighted by Crippen LogP contribution is 2.33. The van der Waals surface area contributed by atoms with Crippen molar-refractivity contribution in [2.75, 3.05) is 30.5 Å². The lowest BCUT2D eigenvalue weighted by Gasteiger charge is -2.24. The maximum absolute atomic E-state index is 14.0. The molecular formula is C40H46N8O5. The minimum Gasteiger partial charge on any atom is -0.356 e. The zero-order valence-electron chi connectivity index (χ0n) is 30.3. The molecule has 3 aliphatic heterocycles. The molecule has 3 aliphatic rings. The summed E-state index contributed by atoms with van der Waals surface area (Å²) in [7, 11) is 0. The van der Waals surface area contributed by atoms with Gasteiger partial charge in [0.1, 0.15) is 5.82 Å². The molecule has 3 aromatic heterocycles. The van der Waals surface area contributed by atoms with Gasteiger partial charge in [-0.3, -0.25) is 9.59 Å². The Hall–Kier alpha value is -5.11. The number of aryl methyl sites for hydroxylation is 2. The molecule has 3 fully saturated rings. The smallest absolute Gasteiger partial charge is 0.277 e. The topological polar surface area (TPSA) is 139 Å². The number of benzene rings is 2. The standard InChI is InChI=1S/C40H46N8O5/c1-26-12-16-28(17-13-26)32-23-30(43-46(32)36-9-3-6-20-51-36)40(50)42-35-24-31(44-48(35)38-11-5-8-22-53-38)39(49)41-34-25-33(29-18-14-27(2)15-19-29)47(45-34)37-10-4-7-21-52-37/h12-19,23-25,36-38H,3-11,20-22H2,1-2H3,(H,42,50)(H,41,45,49). The molecule has 3 atom stereocenters. The van der Waals surface area contributed by atoms with Crippen molar-refractivity contribution in [1.82, 2.24) is 29.3 Å². The van der Waals surface area contributed by atoms with Crippen LogP contribution in [-0.2, 0) is 14.2 Å². The Labute approximate surface area is 308 Å². The first-order valence-corrected chi connectivity index (χ1v) is 18.8. The SMILES string of the molecule is Cc1ccc(-c2cc(NC(=O)c3cc(NC(=O)c4cc(-c5ccc(C)cc5)n(C5CCCCO5)n4)n(C4CCCCO4)n3)nn2C2CCCCO2)cc1. The fourth-order valence-electron chi connectivity index (χ4n) is 7.21. The number of carbonyl (C=O) groups excluding carboxylic acids is 2. The summed E-state index contributed by atoms with van der Waals surface area (Å²) in [5.41, 5.74) is 6.22. The molecule has 0 saturated carbocycles. The van der Waals surface area contributed by atoms with Gasteiger partial charge < -0.3 is 24.8 Å². The summed E-state index contributed by atoms with van der Waals surface area (Å²) in [6.45, 7) is 5.96. The summed E-state index contributed by atoms with van der Waals surface area (Å²) >= 11 is 0. The maximum atomic E-state index is 14.0. The van der Waals surface area contributed by atoms with E-state index in [1.165, 1.54) is 0 Å². The molecule has 0 bridgehead atoms. The van der Waals surface area contributed by atoms with E-state index in [0.29, 0.717) is 37.9 Å². The fourth-order valence-corrected chi connectivity index (χ4v) is 7.21. The van der Waals surface area contributed by atoms with E-state index in [1.807, 2.05) is 65.7 Å². The molecule has 2 N–H and O–H groups in total. The Morgan fingerprint density at radius 2 is 1.02 bits per heavy atom. The van der Waals surface area contributed by atoms with Crippen molar-refractivity contribution >= 4 is 23.5 Å². The van der Waals surface area contributed by atoms with Crippen LogP contribution >= 0.6 is 0 Å². The molecule has 2 amide bonds. The average Bonchev–Trinajstić information content (AvgIpc) is 3.94. The lowest BCUT2D eigenvalue weighted by molar-refractivity contribution is -0.0385. The number of hydrogen-bond acceptors (Lipinski definition) is 8. The van der Waals surface area contributed by atoms with E-state index in [0.717, 1.165) is 85.0 Å². The summed E-state index contributed by atoms with van der Waals surface area (Å²) in [5, 5.41) is 20.2. The van der Waals surface area contributed by atoms with Crippen molar-refractivity contribution in [2.45, 2.75) is 90.3 Å². The Kier molecular flexibility index (Phi) is 10.2. The molecule has 0 spiro atoms. The van der Waals surface area contributed by atoms with Crippen LogP contribution in [0.1, 0.15) is 109 Å². The predicted octanol–water partition coefficient (Wildman–Crippen LogP) is 7.83. The highest BCUT2D eigenvalue weighted by atomic mass is 16.5. The molecule has 2 aromatic carbocycles. The van der Waals surface area contributed by atoms with Crippen LogP contribution in [-0.4, -0.2) is 61.0 Å². The van der Waals surface area contributed by atoms with E-state index in [1.54, 1.807) is 16.8 Å². The monoisotopic (exact) mass is 718 g/mol. The van der Waals surface area contributed by atoms with Crippen molar-refractivity contribution in [3.05, 3.63) is 89.2 Å². The first-order chi connectivity index (χ1) is 25.9. The molecule has 8 rings (SSSR count). The van der Waals surface area contributed by atoms with Crippen LogP contribution in [0, 0.1) is 13.8 Å². The molecule has 13 heteroatoms. The van der Waals surface area contributed by atoms with Crippen LogP contribution in [0.5, 0.6) is 0 Å². The zero-order chi connectivity index (χ0) is 36.3. The lowest BCUT2D eigenvalue weighted by Crippen LogP contribution is -2.24. The van der Waals surface area contributed by atoms with Crippen LogP contribution in [0.2, 0.25) is 0 Å². The first-order valence-electron chi connectivity index (χ1n) is 18.8. The minimum atomic E-state index is -0.458. The third kappa shape index (κ3) is 7.68. The Morgan fingerprint density at radius 1 is 0.566 bits per heavy atom. The van der Waals surface area contributed by atoms with Crippen LogP contribution in [0.3, 0.4) is 0 Å². The van der Waals surface area contributed by atoms with Gasteiger partial charge in [0.15, 0.2) is 35.9 Å². The van der Waals surface area contributed by atoms with Gasteiger partial charge in [-0.25, -0.2) is 14.0 Å². The lowest BCUT2D eigenvalue weighted by atomic mass is 10.1. The van der Waals surface area contributed by atoms with Gasteiger partial charge in [0, 0.05) is 37.5 Å². The Balaban J connectivity index is 1.08. The second-order valence-corrected chi connectivity index (χ2v) is 14.2. The van der Waals surface area contributed by atoms with Gasteiger partial charge in [0.25, 0.3) is 11.8 Å². The Bertz CT molecular complexity index is 2050. The summed E-state index contributed by atoms with van der Waals surface area (Å²) in [4.78, 5) is 27.8. The highest BCUT2D eigenvalue weighted by Gasteiger charge is 2.28. The molecule has 5 aromatic rings. The van der Waals surface area contributed by atoms with Gasteiger partial charge in [-0.1, -0.05) is 59.7 Å². The van der Waals surface area contributed by atoms with Gasteiger partial charge in [0.05, 0.1) is 11.4 Å². The minimum absolute atomic E-state index is 0.122. The van der Waals surface area contributed by atoms with Gasteiger partial charge in [0.2, 0.25) is 0 Å². The first kappa shape index (κ1) is 34.9. The summed E-state index contributed by atoms with van der Waals surface area (Å²) in [5.74, 6) is -0.160. The van der Waals surface area contributed by atoms with Crippen molar-refractivity contribution in [3.63, 3.8) is 0 Å². The second-order valence-electron chi connectivity index (χ2n) is 14.2. The number of nitrogens with zero attached hydrogens (tertiary/aromatic N) is 6. The van der Waals surface area contributed by atoms with E-state index in [4.69, 9.17) is 24.4 Å². The van der Waals surface area contributed by atoms with Crippen molar-refractivity contribution in [1.29, 1.82) is 0 Å². The number of rotatable bonds is 9. The van der Waals surface area contributed by atoms with Gasteiger partial charge in [-0.15, -0.1) is 0 Å². The van der Waals surface area contributed by atoms with Crippen LogP contribution in [0.4, 0.5) is 11.6 Å².